The number of rotatable bonds is 5. The number of hydrogen-bond acceptors (Lipinski definition) is 5. The van der Waals surface area contributed by atoms with Gasteiger partial charge in [0.2, 0.25) is 0 Å². The van der Waals surface area contributed by atoms with Crippen LogP contribution in [0, 0.1) is 5.41 Å². The highest BCUT2D eigenvalue weighted by molar-refractivity contribution is 5.94. The van der Waals surface area contributed by atoms with Crippen molar-refractivity contribution >= 4 is 5.91 Å². The van der Waals surface area contributed by atoms with E-state index in [0.29, 0.717) is 18.0 Å². The summed E-state index contributed by atoms with van der Waals surface area (Å²) in [7, 11) is 0. The molecular formula is C24H26N4O2. The fraction of sp³-hybridized carbons (Fsp3) is 0.333. The van der Waals surface area contributed by atoms with Crippen LogP contribution in [0.4, 0.5) is 0 Å². The van der Waals surface area contributed by atoms with Gasteiger partial charge >= 0.3 is 0 Å². The molecule has 4 rings (SSSR count). The molecule has 1 aliphatic carbocycles. The van der Waals surface area contributed by atoms with Gasteiger partial charge in [-0.3, -0.25) is 9.78 Å². The third-order valence-electron chi connectivity index (χ3n) is 5.35. The Hall–Kier alpha value is -3.28. The molecule has 0 fully saturated rings. The van der Waals surface area contributed by atoms with Gasteiger partial charge in [0, 0.05) is 35.3 Å². The van der Waals surface area contributed by atoms with Crippen molar-refractivity contribution in [2.24, 2.45) is 5.41 Å². The van der Waals surface area contributed by atoms with Crippen LogP contribution in [-0.4, -0.2) is 27.5 Å². The number of nitrogens with zero attached hydrogens (tertiary/aromatic N) is 3. The molecule has 0 spiro atoms. The van der Waals surface area contributed by atoms with E-state index in [0.717, 1.165) is 35.4 Å². The average Bonchev–Trinajstić information content (AvgIpc) is 2.74. The highest BCUT2D eigenvalue weighted by atomic mass is 16.5. The van der Waals surface area contributed by atoms with Crippen molar-refractivity contribution < 1.29 is 9.53 Å². The second kappa shape index (κ2) is 8.22. The molecule has 0 aliphatic heterocycles. The van der Waals surface area contributed by atoms with Gasteiger partial charge < -0.3 is 10.1 Å². The number of ether oxygens (including phenoxy) is 1. The molecule has 1 N–H and O–H groups in total. The van der Waals surface area contributed by atoms with Gasteiger partial charge in [0.1, 0.15) is 5.75 Å². The van der Waals surface area contributed by atoms with Gasteiger partial charge in [-0.05, 0) is 61.6 Å². The van der Waals surface area contributed by atoms with Crippen LogP contribution in [0.1, 0.15) is 54.8 Å². The summed E-state index contributed by atoms with van der Waals surface area (Å²) in [6.45, 7) is 6.95. The van der Waals surface area contributed by atoms with Gasteiger partial charge in [-0.15, -0.1) is 0 Å². The molecule has 0 radical (unpaired) electrons. The van der Waals surface area contributed by atoms with E-state index < -0.39 is 0 Å². The molecule has 154 valence electrons. The maximum atomic E-state index is 12.9. The number of nitrogens with one attached hydrogen (secondary N) is 1. The Morgan fingerprint density at radius 3 is 2.60 bits per heavy atom. The van der Waals surface area contributed by atoms with Gasteiger partial charge in [0.05, 0.1) is 18.3 Å². The van der Waals surface area contributed by atoms with Crippen LogP contribution in [0.15, 0.2) is 55.0 Å². The second-order valence-corrected chi connectivity index (χ2v) is 8.36. The molecule has 2 aromatic heterocycles. The van der Waals surface area contributed by atoms with Crippen LogP contribution in [-0.2, 0) is 6.42 Å². The molecule has 3 aromatic rings. The van der Waals surface area contributed by atoms with Crippen molar-refractivity contribution in [3.8, 4) is 17.1 Å². The zero-order valence-electron chi connectivity index (χ0n) is 17.6. The molecule has 6 heteroatoms. The Balaban J connectivity index is 1.59. The Kier molecular flexibility index (Phi) is 5.48. The zero-order valence-corrected chi connectivity index (χ0v) is 17.6. The topological polar surface area (TPSA) is 77.0 Å². The molecule has 2 heterocycles. The van der Waals surface area contributed by atoms with Crippen molar-refractivity contribution in [3.63, 3.8) is 0 Å². The summed E-state index contributed by atoms with van der Waals surface area (Å²) in [5.74, 6) is 1.34. The number of pyridine rings is 1. The zero-order chi connectivity index (χ0) is 21.1. The normalized spacial score (nSPS) is 17.1. The number of benzene rings is 1. The third kappa shape index (κ3) is 4.32. The first-order valence-corrected chi connectivity index (χ1v) is 10.2. The van der Waals surface area contributed by atoms with Crippen molar-refractivity contribution in [2.75, 3.05) is 6.61 Å². The molecule has 0 bridgehead atoms. The molecule has 1 aliphatic rings. The lowest BCUT2D eigenvalue weighted by atomic mass is 9.74. The number of hydrogen-bond donors (Lipinski definition) is 1. The predicted molar refractivity (Wildman–Crippen MR) is 115 cm³/mol. The van der Waals surface area contributed by atoms with Crippen molar-refractivity contribution in [1.82, 2.24) is 20.3 Å². The molecule has 1 atom stereocenters. The number of carbonyl (C=O) groups excluding carboxylic acids is 1. The smallest absolute Gasteiger partial charge is 0.251 e. The Morgan fingerprint density at radius 2 is 1.90 bits per heavy atom. The van der Waals surface area contributed by atoms with Gasteiger partial charge in [0.15, 0.2) is 5.82 Å². The summed E-state index contributed by atoms with van der Waals surface area (Å²) in [5.41, 5.74) is 3.55. The SMILES string of the molecule is CCOc1ccc(C(=O)N[C@@H]2CC(C)(C)Cc3nc(-c4ccncc4)ncc32)cc1. The molecule has 1 aromatic carbocycles. The lowest BCUT2D eigenvalue weighted by Crippen LogP contribution is -2.37. The van der Waals surface area contributed by atoms with Crippen LogP contribution < -0.4 is 10.1 Å². The minimum absolute atomic E-state index is 0.0215. The van der Waals surface area contributed by atoms with Gasteiger partial charge in [-0.2, -0.15) is 0 Å². The predicted octanol–water partition coefficient (Wildman–Crippen LogP) is 4.38. The molecule has 30 heavy (non-hydrogen) atoms. The first kappa shape index (κ1) is 20.0. The lowest BCUT2D eigenvalue weighted by molar-refractivity contribution is 0.0919. The largest absolute Gasteiger partial charge is 0.494 e. The van der Waals surface area contributed by atoms with E-state index in [9.17, 15) is 4.79 Å². The third-order valence-corrected chi connectivity index (χ3v) is 5.35. The number of aromatic nitrogens is 3. The second-order valence-electron chi connectivity index (χ2n) is 8.36. The van der Waals surface area contributed by atoms with Crippen LogP contribution in [0.2, 0.25) is 0 Å². The highest BCUT2D eigenvalue weighted by Gasteiger charge is 2.34. The van der Waals surface area contributed by atoms with E-state index in [1.165, 1.54) is 0 Å². The summed E-state index contributed by atoms with van der Waals surface area (Å²) in [5, 5.41) is 3.19. The first-order valence-electron chi connectivity index (χ1n) is 10.2. The quantitative estimate of drug-likeness (QED) is 0.685. The number of fused-ring (bicyclic) bond motifs is 1. The molecule has 1 amide bonds. The Bertz CT molecular complexity index is 1030. The maximum absolute atomic E-state index is 12.9. The van der Waals surface area contributed by atoms with Crippen LogP contribution in [0.3, 0.4) is 0 Å². The number of carbonyl (C=O) groups is 1. The summed E-state index contributed by atoms with van der Waals surface area (Å²) in [6, 6.07) is 10.9. The summed E-state index contributed by atoms with van der Waals surface area (Å²) in [6.07, 6.45) is 7.01. The average molecular weight is 402 g/mol. The van der Waals surface area contributed by atoms with E-state index in [2.05, 4.69) is 29.1 Å². The molecule has 0 saturated carbocycles. The van der Waals surface area contributed by atoms with Crippen molar-refractivity contribution in [2.45, 2.75) is 39.7 Å². The van der Waals surface area contributed by atoms with Crippen LogP contribution in [0.5, 0.6) is 5.75 Å². The van der Waals surface area contributed by atoms with E-state index in [1.807, 2.05) is 37.4 Å². The van der Waals surface area contributed by atoms with E-state index in [4.69, 9.17) is 9.72 Å². The Morgan fingerprint density at radius 1 is 1.17 bits per heavy atom. The van der Waals surface area contributed by atoms with Gasteiger partial charge in [0.25, 0.3) is 5.91 Å². The monoisotopic (exact) mass is 402 g/mol. The lowest BCUT2D eigenvalue weighted by Gasteiger charge is -2.36. The van der Waals surface area contributed by atoms with E-state index >= 15 is 0 Å². The summed E-state index contributed by atoms with van der Waals surface area (Å²) < 4.78 is 5.46. The standard InChI is InChI=1S/C24H26N4O2/c1-4-30-18-7-5-17(6-8-18)23(29)28-21-14-24(2,3)13-20-19(21)15-26-22(27-20)16-9-11-25-12-10-16/h5-12,15,21H,4,13-14H2,1-3H3,(H,28,29)/t21-/m1/s1. The van der Waals surface area contributed by atoms with E-state index in [-0.39, 0.29) is 17.4 Å². The van der Waals surface area contributed by atoms with Gasteiger partial charge in [-0.25, -0.2) is 9.97 Å². The number of amides is 1. The molecule has 0 unspecified atom stereocenters. The summed E-state index contributed by atoms with van der Waals surface area (Å²) in [4.78, 5) is 26.4. The minimum Gasteiger partial charge on any atom is -0.494 e. The van der Waals surface area contributed by atoms with Crippen molar-refractivity contribution in [3.05, 3.63) is 71.8 Å². The first-order chi connectivity index (χ1) is 14.4. The highest BCUT2D eigenvalue weighted by Crippen LogP contribution is 2.40. The Labute approximate surface area is 176 Å². The van der Waals surface area contributed by atoms with Crippen LogP contribution in [0.25, 0.3) is 11.4 Å². The van der Waals surface area contributed by atoms with Crippen molar-refractivity contribution in [1.29, 1.82) is 0 Å². The summed E-state index contributed by atoms with van der Waals surface area (Å²) >= 11 is 0. The molecule has 0 saturated heterocycles. The van der Waals surface area contributed by atoms with Gasteiger partial charge in [-0.1, -0.05) is 13.8 Å². The van der Waals surface area contributed by atoms with Crippen LogP contribution >= 0.6 is 0 Å². The fourth-order valence-electron chi connectivity index (χ4n) is 3.93. The molecular weight excluding hydrogens is 376 g/mol. The fourth-order valence-corrected chi connectivity index (χ4v) is 3.93. The molecule has 6 nitrogen and oxygen atoms in total. The maximum Gasteiger partial charge on any atom is 0.251 e. The van der Waals surface area contributed by atoms with E-state index in [1.54, 1.807) is 24.5 Å². The minimum atomic E-state index is -0.130.